The highest BCUT2D eigenvalue weighted by molar-refractivity contribution is 5.30. The van der Waals surface area contributed by atoms with E-state index in [1.807, 2.05) is 0 Å². The maximum Gasteiger partial charge on any atom is 0.186 e. The molecule has 23 heavy (non-hydrogen) atoms. The van der Waals surface area contributed by atoms with Crippen molar-refractivity contribution in [3.63, 3.8) is 0 Å². The normalized spacial score (nSPS) is 31.0. The summed E-state index contributed by atoms with van der Waals surface area (Å²) in [4.78, 5) is 0. The van der Waals surface area contributed by atoms with Crippen molar-refractivity contribution in [2.45, 2.75) is 30.7 Å². The highest BCUT2D eigenvalue weighted by Crippen LogP contribution is 2.27. The molecule has 0 saturated carbocycles. The second kappa shape index (κ2) is 8.44. The van der Waals surface area contributed by atoms with Crippen molar-refractivity contribution in [2.75, 3.05) is 26.8 Å². The quantitative estimate of drug-likeness (QED) is 0.396. The van der Waals surface area contributed by atoms with E-state index < -0.39 is 37.3 Å². The summed E-state index contributed by atoms with van der Waals surface area (Å²) in [5, 5.41) is 42.0. The maximum atomic E-state index is 10.3. The van der Waals surface area contributed by atoms with E-state index >= 15 is 0 Å². The van der Waals surface area contributed by atoms with E-state index in [-0.39, 0.29) is 12.4 Å². The van der Waals surface area contributed by atoms with Crippen molar-refractivity contribution in [3.05, 3.63) is 24.3 Å². The molecule has 5 N–H and O–H groups in total. The van der Waals surface area contributed by atoms with Crippen LogP contribution in [0.1, 0.15) is 0 Å². The summed E-state index contributed by atoms with van der Waals surface area (Å²) < 4.78 is 16.4. The van der Waals surface area contributed by atoms with Gasteiger partial charge in [-0.25, -0.2) is 0 Å². The molecule has 2 rings (SSSR count). The van der Waals surface area contributed by atoms with E-state index in [1.165, 1.54) is 24.3 Å². The van der Waals surface area contributed by atoms with Crippen molar-refractivity contribution in [1.82, 2.24) is 5.32 Å². The number of rotatable bonds is 7. The van der Waals surface area contributed by atoms with Gasteiger partial charge in [0.15, 0.2) is 12.4 Å². The van der Waals surface area contributed by atoms with Crippen LogP contribution in [0.25, 0.3) is 0 Å². The number of ether oxygens (including phenoxy) is 3. The summed E-state index contributed by atoms with van der Waals surface area (Å²) in [6.07, 6.45) is -5.48. The molecular weight excluding hydrogens is 306 g/mol. The van der Waals surface area contributed by atoms with Gasteiger partial charge < -0.3 is 40.0 Å². The first kappa shape index (κ1) is 17.9. The highest BCUT2D eigenvalue weighted by atomic mass is 16.7. The molecule has 8 nitrogen and oxygen atoms in total. The first-order valence-electron chi connectivity index (χ1n) is 7.41. The zero-order valence-electron chi connectivity index (χ0n) is 12.8. The number of aliphatic hydroxyl groups excluding tert-OH is 3. The Hall–Kier alpha value is -1.42. The van der Waals surface area contributed by atoms with Crippen molar-refractivity contribution >= 4 is 0 Å². The standard InChI is InChI=1S/C15H23NO7/c1-16-6-7-21-15-13(20)12(19)14(11(8-17)23-15)22-10-4-2-9(18)3-5-10/h2-5,11-20H,6-8H2,1H3. The average Bonchev–Trinajstić information content (AvgIpc) is 2.56. The fraction of sp³-hybridized carbons (Fsp3) is 0.600. The lowest BCUT2D eigenvalue weighted by Gasteiger charge is -2.41. The van der Waals surface area contributed by atoms with E-state index in [2.05, 4.69) is 5.32 Å². The third-order valence-electron chi connectivity index (χ3n) is 3.56. The van der Waals surface area contributed by atoms with Crippen LogP contribution in [0.15, 0.2) is 24.3 Å². The molecule has 8 heteroatoms. The smallest absolute Gasteiger partial charge is 0.186 e. The van der Waals surface area contributed by atoms with Crippen molar-refractivity contribution in [3.8, 4) is 11.5 Å². The lowest BCUT2D eigenvalue weighted by molar-refractivity contribution is -0.296. The zero-order chi connectivity index (χ0) is 16.8. The summed E-state index contributed by atoms with van der Waals surface area (Å²) in [6.45, 7) is 0.435. The SMILES string of the molecule is CNCCOC1OC(CO)C(Oc2ccc(O)cc2)C(O)C1O. The third-order valence-corrected chi connectivity index (χ3v) is 3.56. The number of likely N-dealkylation sites (N-methyl/N-ethyl adjacent to an activating group) is 1. The number of nitrogens with one attached hydrogen (secondary N) is 1. The summed E-state index contributed by atoms with van der Waals surface area (Å²) in [5.74, 6) is 0.449. The largest absolute Gasteiger partial charge is 0.508 e. The number of phenols is 1. The molecule has 5 unspecified atom stereocenters. The molecule has 1 heterocycles. The molecule has 0 aliphatic carbocycles. The van der Waals surface area contributed by atoms with E-state index in [4.69, 9.17) is 14.2 Å². The minimum Gasteiger partial charge on any atom is -0.508 e. The molecule has 1 aliphatic rings. The molecule has 5 atom stereocenters. The van der Waals surface area contributed by atoms with Gasteiger partial charge in [0.05, 0.1) is 13.2 Å². The van der Waals surface area contributed by atoms with Crippen LogP contribution in [0.4, 0.5) is 0 Å². The number of aliphatic hydroxyl groups is 3. The van der Waals surface area contributed by atoms with E-state index in [1.54, 1.807) is 7.05 Å². The van der Waals surface area contributed by atoms with Crippen LogP contribution >= 0.6 is 0 Å². The summed E-state index contributed by atoms with van der Waals surface area (Å²) in [7, 11) is 1.76. The molecular formula is C15H23NO7. The van der Waals surface area contributed by atoms with Gasteiger partial charge in [0.1, 0.15) is 29.8 Å². The summed E-state index contributed by atoms with van der Waals surface area (Å²) in [5.41, 5.74) is 0. The van der Waals surface area contributed by atoms with Crippen LogP contribution in [0.3, 0.4) is 0 Å². The van der Waals surface area contributed by atoms with Crippen LogP contribution in [-0.4, -0.2) is 77.9 Å². The Morgan fingerprint density at radius 2 is 1.87 bits per heavy atom. The number of aromatic hydroxyl groups is 1. The van der Waals surface area contributed by atoms with Gasteiger partial charge in [-0.2, -0.15) is 0 Å². The van der Waals surface area contributed by atoms with Crippen molar-refractivity contribution in [2.24, 2.45) is 0 Å². The lowest BCUT2D eigenvalue weighted by atomic mass is 9.99. The molecule has 1 saturated heterocycles. The molecule has 130 valence electrons. The van der Waals surface area contributed by atoms with Crippen LogP contribution in [0.5, 0.6) is 11.5 Å². The molecule has 0 radical (unpaired) electrons. The summed E-state index contributed by atoms with van der Waals surface area (Å²) in [6, 6.07) is 5.88. The predicted molar refractivity (Wildman–Crippen MR) is 80.2 cm³/mol. The molecule has 1 fully saturated rings. The van der Waals surface area contributed by atoms with Gasteiger partial charge in [-0.1, -0.05) is 0 Å². The Morgan fingerprint density at radius 1 is 1.17 bits per heavy atom. The monoisotopic (exact) mass is 329 g/mol. The number of benzene rings is 1. The minimum atomic E-state index is -1.31. The van der Waals surface area contributed by atoms with E-state index in [9.17, 15) is 20.4 Å². The molecule has 0 amide bonds. The molecule has 0 spiro atoms. The molecule has 1 aromatic rings. The zero-order valence-corrected chi connectivity index (χ0v) is 12.8. The number of hydrogen-bond donors (Lipinski definition) is 5. The van der Waals surface area contributed by atoms with E-state index in [0.717, 1.165) is 0 Å². The number of phenolic OH excluding ortho intramolecular Hbond substituents is 1. The Morgan fingerprint density at radius 3 is 2.48 bits per heavy atom. The van der Waals surface area contributed by atoms with Gasteiger partial charge in [0.25, 0.3) is 0 Å². The second-order valence-electron chi connectivity index (χ2n) is 5.26. The van der Waals surface area contributed by atoms with Crippen LogP contribution in [0, 0.1) is 0 Å². The Kier molecular flexibility index (Phi) is 6.58. The molecule has 1 aliphatic heterocycles. The lowest BCUT2D eigenvalue weighted by Crippen LogP contribution is -2.61. The van der Waals surface area contributed by atoms with Crippen LogP contribution < -0.4 is 10.1 Å². The van der Waals surface area contributed by atoms with Gasteiger partial charge >= 0.3 is 0 Å². The fourth-order valence-corrected chi connectivity index (χ4v) is 2.29. The molecule has 0 bridgehead atoms. The topological polar surface area (TPSA) is 121 Å². The molecule has 1 aromatic carbocycles. The minimum absolute atomic E-state index is 0.0783. The van der Waals surface area contributed by atoms with Gasteiger partial charge in [-0.3, -0.25) is 0 Å². The first-order chi connectivity index (χ1) is 11.1. The van der Waals surface area contributed by atoms with Gasteiger partial charge in [-0.15, -0.1) is 0 Å². The van der Waals surface area contributed by atoms with E-state index in [0.29, 0.717) is 12.3 Å². The van der Waals surface area contributed by atoms with Crippen molar-refractivity contribution in [1.29, 1.82) is 0 Å². The Balaban J connectivity index is 2.03. The Bertz CT molecular complexity index is 467. The Labute approximate surface area is 134 Å². The van der Waals surface area contributed by atoms with Gasteiger partial charge in [0, 0.05) is 6.54 Å². The predicted octanol–water partition coefficient (Wildman–Crippen LogP) is -1.19. The first-order valence-corrected chi connectivity index (χ1v) is 7.41. The van der Waals surface area contributed by atoms with Crippen LogP contribution in [0.2, 0.25) is 0 Å². The number of hydrogen-bond acceptors (Lipinski definition) is 8. The second-order valence-corrected chi connectivity index (χ2v) is 5.26. The fourth-order valence-electron chi connectivity index (χ4n) is 2.29. The van der Waals surface area contributed by atoms with Crippen molar-refractivity contribution < 1.29 is 34.6 Å². The van der Waals surface area contributed by atoms with Crippen LogP contribution in [-0.2, 0) is 9.47 Å². The maximum absolute atomic E-state index is 10.3. The molecule has 0 aromatic heterocycles. The highest BCUT2D eigenvalue weighted by Gasteiger charge is 2.46. The van der Waals surface area contributed by atoms with Gasteiger partial charge in [0.2, 0.25) is 0 Å². The average molecular weight is 329 g/mol. The third kappa shape index (κ3) is 4.54. The summed E-state index contributed by atoms with van der Waals surface area (Å²) >= 11 is 0. The van der Waals surface area contributed by atoms with Gasteiger partial charge in [-0.05, 0) is 31.3 Å².